The summed E-state index contributed by atoms with van der Waals surface area (Å²) in [7, 11) is 1.40. The molecular weight excluding hydrogens is 312 g/mol. The number of hydrogen-bond acceptors (Lipinski definition) is 3. The molecule has 4 heteroatoms. The van der Waals surface area contributed by atoms with Crippen LogP contribution in [0.1, 0.15) is 33.7 Å². The number of esters is 1. The van der Waals surface area contributed by atoms with E-state index in [0.29, 0.717) is 5.69 Å². The Labute approximate surface area is 146 Å². The van der Waals surface area contributed by atoms with Crippen LogP contribution in [0.3, 0.4) is 0 Å². The lowest BCUT2D eigenvalue weighted by Gasteiger charge is -2.04. The second kappa shape index (κ2) is 6.40. The van der Waals surface area contributed by atoms with Crippen molar-refractivity contribution in [3.63, 3.8) is 0 Å². The van der Waals surface area contributed by atoms with E-state index in [9.17, 15) is 4.79 Å². The molecule has 0 aliphatic heterocycles. The molecular formula is C21H18N2O2. The van der Waals surface area contributed by atoms with Crippen LogP contribution in [0.25, 0.3) is 22.8 Å². The number of carbonyl (C=O) groups is 1. The van der Waals surface area contributed by atoms with Gasteiger partial charge in [0.05, 0.1) is 7.11 Å². The van der Waals surface area contributed by atoms with E-state index >= 15 is 0 Å². The highest BCUT2D eigenvalue weighted by molar-refractivity contribution is 5.92. The molecule has 2 heterocycles. The van der Waals surface area contributed by atoms with Gasteiger partial charge in [-0.25, -0.2) is 4.79 Å². The van der Waals surface area contributed by atoms with Crippen molar-refractivity contribution in [2.45, 2.75) is 12.8 Å². The molecule has 4 nitrogen and oxygen atoms in total. The van der Waals surface area contributed by atoms with Gasteiger partial charge in [0.1, 0.15) is 5.69 Å². The number of rotatable bonds is 3. The van der Waals surface area contributed by atoms with E-state index in [-0.39, 0.29) is 5.97 Å². The van der Waals surface area contributed by atoms with Crippen molar-refractivity contribution in [2.75, 3.05) is 7.11 Å². The Bertz CT molecular complexity index is 955. The Morgan fingerprint density at radius 3 is 2.84 bits per heavy atom. The first-order valence-corrected chi connectivity index (χ1v) is 8.26. The van der Waals surface area contributed by atoms with Crippen LogP contribution in [0.2, 0.25) is 0 Å². The molecule has 1 aliphatic carbocycles. The number of pyridine rings is 1. The van der Waals surface area contributed by atoms with Gasteiger partial charge in [0.15, 0.2) is 0 Å². The van der Waals surface area contributed by atoms with Gasteiger partial charge in [0.25, 0.3) is 0 Å². The van der Waals surface area contributed by atoms with Gasteiger partial charge in [-0.2, -0.15) is 0 Å². The van der Waals surface area contributed by atoms with E-state index < -0.39 is 0 Å². The van der Waals surface area contributed by atoms with E-state index in [2.05, 4.69) is 46.4 Å². The molecule has 1 aliphatic rings. The van der Waals surface area contributed by atoms with Crippen LogP contribution < -0.4 is 0 Å². The van der Waals surface area contributed by atoms with Crippen molar-refractivity contribution in [3.05, 3.63) is 77.4 Å². The van der Waals surface area contributed by atoms with E-state index in [1.807, 2.05) is 18.3 Å². The lowest BCUT2D eigenvalue weighted by molar-refractivity contribution is 0.0594. The molecule has 4 rings (SSSR count). The molecule has 3 aromatic rings. The Balaban J connectivity index is 1.67. The minimum Gasteiger partial charge on any atom is -0.464 e. The Hall–Kier alpha value is -3.14. The second-order valence-corrected chi connectivity index (χ2v) is 6.10. The van der Waals surface area contributed by atoms with Gasteiger partial charge in [-0.05, 0) is 53.3 Å². The fourth-order valence-electron chi connectivity index (χ4n) is 3.29. The normalized spacial score (nSPS) is 14.5. The molecule has 0 radical (unpaired) electrons. The summed E-state index contributed by atoms with van der Waals surface area (Å²) < 4.78 is 4.80. The van der Waals surface area contributed by atoms with Crippen LogP contribution in [-0.4, -0.2) is 23.0 Å². The smallest absolute Gasteiger partial charge is 0.354 e. The van der Waals surface area contributed by atoms with E-state index in [1.54, 1.807) is 6.20 Å². The predicted molar refractivity (Wildman–Crippen MR) is 98.0 cm³/mol. The number of allylic oxidation sites excluding steroid dienone is 1. The zero-order valence-electron chi connectivity index (χ0n) is 14.0. The summed E-state index contributed by atoms with van der Waals surface area (Å²) in [4.78, 5) is 19.1. The molecule has 0 bridgehead atoms. The van der Waals surface area contributed by atoms with Crippen molar-refractivity contribution in [1.29, 1.82) is 0 Å². The van der Waals surface area contributed by atoms with Crippen LogP contribution in [0.4, 0.5) is 0 Å². The number of ether oxygens (including phenoxy) is 1. The fraction of sp³-hybridized carbons (Fsp3) is 0.143. The minimum absolute atomic E-state index is 0.327. The molecule has 25 heavy (non-hydrogen) atoms. The van der Waals surface area contributed by atoms with Gasteiger partial charge in [-0.1, -0.05) is 30.3 Å². The number of aryl methyl sites for hydroxylation is 1. The molecule has 0 unspecified atom stereocenters. The number of aromatic nitrogens is 2. The topological polar surface area (TPSA) is 55.0 Å². The van der Waals surface area contributed by atoms with Gasteiger partial charge < -0.3 is 9.72 Å². The van der Waals surface area contributed by atoms with Crippen molar-refractivity contribution in [2.24, 2.45) is 0 Å². The molecule has 0 saturated carbocycles. The number of aromatic amines is 1. The zero-order valence-corrected chi connectivity index (χ0v) is 14.0. The summed E-state index contributed by atoms with van der Waals surface area (Å²) in [5, 5.41) is 0. The molecule has 0 spiro atoms. The Morgan fingerprint density at radius 1 is 1.16 bits per heavy atom. The first kappa shape index (κ1) is 15.4. The molecule has 2 aromatic heterocycles. The highest BCUT2D eigenvalue weighted by atomic mass is 16.5. The van der Waals surface area contributed by atoms with E-state index in [1.165, 1.54) is 12.7 Å². The SMILES string of the molecule is COC(=O)c1cc2c([nH]1)CCC2=Cc1cccc(-c2cccnc2)c1. The van der Waals surface area contributed by atoms with Gasteiger partial charge in [0, 0.05) is 23.7 Å². The lowest BCUT2D eigenvalue weighted by Crippen LogP contribution is -2.01. The predicted octanol–water partition coefficient (Wildman–Crippen LogP) is 4.35. The second-order valence-electron chi connectivity index (χ2n) is 6.10. The number of fused-ring (bicyclic) bond motifs is 1. The van der Waals surface area contributed by atoms with Gasteiger partial charge in [-0.15, -0.1) is 0 Å². The zero-order chi connectivity index (χ0) is 17.2. The summed E-state index contributed by atoms with van der Waals surface area (Å²) >= 11 is 0. The molecule has 0 amide bonds. The Kier molecular flexibility index (Phi) is 3.94. The number of methoxy groups -OCH3 is 1. The summed E-state index contributed by atoms with van der Waals surface area (Å²) in [6.07, 6.45) is 7.73. The van der Waals surface area contributed by atoms with Crippen LogP contribution >= 0.6 is 0 Å². The Morgan fingerprint density at radius 2 is 2.04 bits per heavy atom. The van der Waals surface area contributed by atoms with Crippen LogP contribution in [0, 0.1) is 0 Å². The van der Waals surface area contributed by atoms with Gasteiger partial charge in [0.2, 0.25) is 0 Å². The lowest BCUT2D eigenvalue weighted by atomic mass is 10.0. The maximum atomic E-state index is 11.7. The summed E-state index contributed by atoms with van der Waals surface area (Å²) in [6, 6.07) is 14.3. The number of H-pyrrole nitrogens is 1. The molecule has 0 saturated heterocycles. The van der Waals surface area contributed by atoms with E-state index in [0.717, 1.165) is 40.8 Å². The fourth-order valence-corrected chi connectivity index (χ4v) is 3.29. The third-order valence-electron chi connectivity index (χ3n) is 4.52. The summed E-state index contributed by atoms with van der Waals surface area (Å²) in [6.45, 7) is 0. The van der Waals surface area contributed by atoms with Crippen molar-refractivity contribution in [1.82, 2.24) is 9.97 Å². The molecule has 1 N–H and O–H groups in total. The number of benzene rings is 1. The first-order chi connectivity index (χ1) is 12.2. The highest BCUT2D eigenvalue weighted by Gasteiger charge is 2.21. The largest absolute Gasteiger partial charge is 0.464 e. The van der Waals surface area contributed by atoms with Crippen LogP contribution in [0.15, 0.2) is 54.9 Å². The minimum atomic E-state index is -0.327. The quantitative estimate of drug-likeness (QED) is 0.726. The average Bonchev–Trinajstić information content (AvgIpc) is 3.24. The van der Waals surface area contributed by atoms with Crippen LogP contribution in [-0.2, 0) is 11.2 Å². The number of nitrogens with zero attached hydrogens (tertiary/aromatic N) is 1. The maximum Gasteiger partial charge on any atom is 0.354 e. The van der Waals surface area contributed by atoms with Crippen molar-refractivity contribution < 1.29 is 9.53 Å². The summed E-state index contributed by atoms with van der Waals surface area (Å²) in [5.74, 6) is -0.327. The van der Waals surface area contributed by atoms with Crippen molar-refractivity contribution >= 4 is 17.6 Å². The number of carbonyl (C=O) groups excluding carboxylic acids is 1. The van der Waals surface area contributed by atoms with Crippen molar-refractivity contribution in [3.8, 4) is 11.1 Å². The maximum absolute atomic E-state index is 11.7. The third-order valence-corrected chi connectivity index (χ3v) is 4.52. The third kappa shape index (κ3) is 2.98. The molecule has 1 aromatic carbocycles. The first-order valence-electron chi connectivity index (χ1n) is 8.26. The molecule has 0 fully saturated rings. The molecule has 124 valence electrons. The molecule has 0 atom stereocenters. The summed E-state index contributed by atoms with van der Waals surface area (Å²) in [5.41, 5.74) is 7.37. The van der Waals surface area contributed by atoms with Gasteiger partial charge in [-0.3, -0.25) is 4.98 Å². The van der Waals surface area contributed by atoms with Gasteiger partial charge >= 0.3 is 5.97 Å². The number of nitrogens with one attached hydrogen (secondary N) is 1. The van der Waals surface area contributed by atoms with E-state index in [4.69, 9.17) is 4.74 Å². The monoisotopic (exact) mass is 330 g/mol. The highest BCUT2D eigenvalue weighted by Crippen LogP contribution is 2.34. The number of hydrogen-bond donors (Lipinski definition) is 1. The van der Waals surface area contributed by atoms with Crippen LogP contribution in [0.5, 0.6) is 0 Å². The standard InChI is InChI=1S/C21H18N2O2/c1-25-21(24)20-12-18-16(7-8-19(18)23-20)11-14-4-2-5-15(10-14)17-6-3-9-22-13-17/h2-6,9-13,23H,7-8H2,1H3. The average molecular weight is 330 g/mol.